The van der Waals surface area contributed by atoms with Gasteiger partial charge in [0, 0.05) is 26.2 Å². The molecule has 6 nitrogen and oxygen atoms in total. The monoisotopic (exact) mass is 254 g/mol. The maximum atomic E-state index is 11.6. The van der Waals surface area contributed by atoms with Gasteiger partial charge in [-0.25, -0.2) is 4.79 Å². The third-order valence-corrected chi connectivity index (χ3v) is 3.59. The summed E-state index contributed by atoms with van der Waals surface area (Å²) >= 11 is 0. The van der Waals surface area contributed by atoms with Gasteiger partial charge >= 0.3 is 12.1 Å². The smallest absolute Gasteiger partial charge is 0.410 e. The molecule has 1 amide bonds. The Hall–Kier alpha value is -1.56. The van der Waals surface area contributed by atoms with Crippen molar-refractivity contribution in [3.8, 4) is 0 Å². The minimum atomic E-state index is -0.745. The summed E-state index contributed by atoms with van der Waals surface area (Å²) in [5.74, 6) is -0.745. The van der Waals surface area contributed by atoms with Crippen molar-refractivity contribution in [1.82, 2.24) is 9.80 Å². The predicted octanol–water partition coefficient (Wildman–Crippen LogP) is 0.544. The van der Waals surface area contributed by atoms with Crippen molar-refractivity contribution in [2.75, 3.05) is 32.8 Å². The number of ether oxygens (including phenoxy) is 1. The highest BCUT2D eigenvalue weighted by Crippen LogP contribution is 2.42. The SMILES string of the molecule is C=CCOC(=O)N1CCN(C2(C(=O)O)CC2)CC1. The number of carboxylic acids is 1. The van der Waals surface area contributed by atoms with Crippen molar-refractivity contribution < 1.29 is 19.4 Å². The van der Waals surface area contributed by atoms with E-state index in [1.54, 1.807) is 4.90 Å². The molecule has 0 bridgehead atoms. The molecule has 2 rings (SSSR count). The number of piperazine rings is 1. The summed E-state index contributed by atoms with van der Waals surface area (Å²) in [6.07, 6.45) is 2.60. The maximum Gasteiger partial charge on any atom is 0.410 e. The van der Waals surface area contributed by atoms with Crippen LogP contribution in [0, 0.1) is 0 Å². The predicted molar refractivity (Wildman–Crippen MR) is 64.3 cm³/mol. The fourth-order valence-corrected chi connectivity index (χ4v) is 2.32. The normalized spacial score (nSPS) is 22.3. The Morgan fingerprint density at radius 3 is 2.33 bits per heavy atom. The van der Waals surface area contributed by atoms with Crippen LogP contribution in [0.4, 0.5) is 4.79 Å². The molecular formula is C12H18N2O4. The van der Waals surface area contributed by atoms with E-state index < -0.39 is 11.5 Å². The second kappa shape index (κ2) is 4.97. The largest absolute Gasteiger partial charge is 0.480 e. The van der Waals surface area contributed by atoms with E-state index in [2.05, 4.69) is 6.58 Å². The second-order valence-electron chi connectivity index (χ2n) is 4.68. The van der Waals surface area contributed by atoms with Crippen LogP contribution in [0.3, 0.4) is 0 Å². The quantitative estimate of drug-likeness (QED) is 0.742. The zero-order valence-corrected chi connectivity index (χ0v) is 10.3. The van der Waals surface area contributed by atoms with Crippen LogP contribution in [0.1, 0.15) is 12.8 Å². The van der Waals surface area contributed by atoms with Crippen molar-refractivity contribution in [3.63, 3.8) is 0 Å². The van der Waals surface area contributed by atoms with Gasteiger partial charge in [0.2, 0.25) is 0 Å². The van der Waals surface area contributed by atoms with Gasteiger partial charge in [-0.1, -0.05) is 12.7 Å². The molecule has 1 aliphatic carbocycles. The molecule has 1 saturated carbocycles. The van der Waals surface area contributed by atoms with Crippen molar-refractivity contribution in [2.24, 2.45) is 0 Å². The summed E-state index contributed by atoms with van der Waals surface area (Å²) in [5.41, 5.74) is -0.656. The number of rotatable bonds is 4. The van der Waals surface area contributed by atoms with E-state index in [0.29, 0.717) is 39.0 Å². The van der Waals surface area contributed by atoms with E-state index in [1.165, 1.54) is 6.08 Å². The zero-order valence-electron chi connectivity index (χ0n) is 10.3. The molecule has 18 heavy (non-hydrogen) atoms. The number of nitrogens with zero attached hydrogens (tertiary/aromatic N) is 2. The van der Waals surface area contributed by atoms with E-state index >= 15 is 0 Å². The summed E-state index contributed by atoms with van der Waals surface area (Å²) < 4.78 is 4.95. The van der Waals surface area contributed by atoms with Gasteiger partial charge in [-0.2, -0.15) is 0 Å². The Kier molecular flexibility index (Phi) is 3.56. The molecule has 0 radical (unpaired) electrons. The van der Waals surface area contributed by atoms with Crippen LogP contribution in [0.15, 0.2) is 12.7 Å². The number of aliphatic carboxylic acids is 1. The third-order valence-electron chi connectivity index (χ3n) is 3.59. The van der Waals surface area contributed by atoms with Crippen LogP contribution in [0.2, 0.25) is 0 Å². The molecule has 100 valence electrons. The van der Waals surface area contributed by atoms with Gasteiger partial charge < -0.3 is 14.7 Å². The molecule has 0 aromatic carbocycles. The maximum absolute atomic E-state index is 11.6. The van der Waals surface area contributed by atoms with Gasteiger partial charge in [0.25, 0.3) is 0 Å². The lowest BCUT2D eigenvalue weighted by molar-refractivity contribution is -0.145. The van der Waals surface area contributed by atoms with Crippen LogP contribution < -0.4 is 0 Å². The lowest BCUT2D eigenvalue weighted by atomic mass is 10.2. The first kappa shape index (κ1) is 12.9. The first-order valence-electron chi connectivity index (χ1n) is 6.11. The van der Waals surface area contributed by atoms with E-state index in [1.807, 2.05) is 4.90 Å². The standard InChI is InChI=1S/C12H18N2O4/c1-2-9-18-11(17)13-5-7-14(8-6-13)12(3-4-12)10(15)16/h2H,1,3-9H2,(H,15,16). The summed E-state index contributed by atoms with van der Waals surface area (Å²) in [6, 6.07) is 0. The molecule has 2 aliphatic rings. The molecule has 0 unspecified atom stereocenters. The minimum absolute atomic E-state index is 0.206. The molecule has 0 aromatic rings. The Labute approximate surface area is 106 Å². The number of amides is 1. The van der Waals surface area contributed by atoms with Gasteiger partial charge in [-0.3, -0.25) is 9.69 Å². The fraction of sp³-hybridized carbons (Fsp3) is 0.667. The molecule has 0 spiro atoms. The van der Waals surface area contributed by atoms with Gasteiger partial charge in [0.05, 0.1) is 0 Å². The molecule has 1 saturated heterocycles. The van der Waals surface area contributed by atoms with Crippen LogP contribution in [-0.4, -0.2) is 65.3 Å². The molecule has 6 heteroatoms. The number of carbonyl (C=O) groups excluding carboxylic acids is 1. The Morgan fingerprint density at radius 1 is 1.28 bits per heavy atom. The summed E-state index contributed by atoms with van der Waals surface area (Å²) in [4.78, 5) is 26.3. The summed E-state index contributed by atoms with van der Waals surface area (Å²) in [5, 5.41) is 9.19. The molecule has 1 heterocycles. The highest BCUT2D eigenvalue weighted by Gasteiger charge is 2.55. The van der Waals surface area contributed by atoms with Crippen LogP contribution in [0.25, 0.3) is 0 Å². The number of hydrogen-bond acceptors (Lipinski definition) is 4. The fourth-order valence-electron chi connectivity index (χ4n) is 2.32. The first-order valence-corrected chi connectivity index (χ1v) is 6.11. The van der Waals surface area contributed by atoms with Gasteiger partial charge in [0.1, 0.15) is 12.1 Å². The van der Waals surface area contributed by atoms with Crippen LogP contribution in [-0.2, 0) is 9.53 Å². The average molecular weight is 254 g/mol. The van der Waals surface area contributed by atoms with E-state index in [4.69, 9.17) is 4.74 Å². The van der Waals surface area contributed by atoms with Crippen molar-refractivity contribution in [2.45, 2.75) is 18.4 Å². The summed E-state index contributed by atoms with van der Waals surface area (Å²) in [6.45, 7) is 5.91. The summed E-state index contributed by atoms with van der Waals surface area (Å²) in [7, 11) is 0. The topological polar surface area (TPSA) is 70.1 Å². The lowest BCUT2D eigenvalue weighted by Gasteiger charge is -2.37. The van der Waals surface area contributed by atoms with Crippen LogP contribution in [0.5, 0.6) is 0 Å². The minimum Gasteiger partial charge on any atom is -0.480 e. The Bertz CT molecular complexity index is 357. The van der Waals surface area contributed by atoms with Crippen molar-refractivity contribution in [1.29, 1.82) is 0 Å². The molecule has 2 fully saturated rings. The van der Waals surface area contributed by atoms with Gasteiger partial charge in [-0.15, -0.1) is 0 Å². The first-order chi connectivity index (χ1) is 8.60. The molecular weight excluding hydrogens is 236 g/mol. The van der Waals surface area contributed by atoms with Crippen molar-refractivity contribution in [3.05, 3.63) is 12.7 Å². The molecule has 0 atom stereocenters. The lowest BCUT2D eigenvalue weighted by Crippen LogP contribution is -2.55. The number of hydrogen-bond donors (Lipinski definition) is 1. The van der Waals surface area contributed by atoms with E-state index in [-0.39, 0.29) is 12.7 Å². The highest BCUT2D eigenvalue weighted by atomic mass is 16.6. The van der Waals surface area contributed by atoms with Gasteiger partial charge in [0.15, 0.2) is 0 Å². The highest BCUT2D eigenvalue weighted by molar-refractivity contribution is 5.82. The Balaban J connectivity index is 1.83. The second-order valence-corrected chi connectivity index (χ2v) is 4.68. The van der Waals surface area contributed by atoms with Gasteiger partial charge in [-0.05, 0) is 12.8 Å². The molecule has 1 aliphatic heterocycles. The average Bonchev–Trinajstić information content (AvgIpc) is 3.17. The molecule has 0 aromatic heterocycles. The van der Waals surface area contributed by atoms with Crippen LogP contribution >= 0.6 is 0 Å². The third kappa shape index (κ3) is 2.33. The molecule has 1 N–H and O–H groups in total. The Morgan fingerprint density at radius 2 is 1.89 bits per heavy atom. The zero-order chi connectivity index (χ0) is 13.2. The van der Waals surface area contributed by atoms with E-state index in [0.717, 1.165) is 0 Å². The number of carbonyl (C=O) groups is 2. The van der Waals surface area contributed by atoms with E-state index in [9.17, 15) is 14.7 Å². The van der Waals surface area contributed by atoms with Crippen molar-refractivity contribution >= 4 is 12.1 Å². The number of carboxylic acid groups (broad SMARTS) is 1.